The maximum absolute atomic E-state index is 11.5. The van der Waals surface area contributed by atoms with Crippen LogP contribution < -0.4 is 5.32 Å². The number of rotatable bonds is 3. The van der Waals surface area contributed by atoms with E-state index in [1.807, 2.05) is 6.92 Å². The highest BCUT2D eigenvalue weighted by atomic mass is 16.1. The van der Waals surface area contributed by atoms with Crippen molar-refractivity contribution >= 4 is 5.78 Å². The van der Waals surface area contributed by atoms with Gasteiger partial charge in [0.05, 0.1) is 6.54 Å². The molecule has 11 heavy (non-hydrogen) atoms. The van der Waals surface area contributed by atoms with Gasteiger partial charge in [0.15, 0.2) is 5.78 Å². The smallest absolute Gasteiger partial charge is 0.192 e. The molecule has 0 radical (unpaired) electrons. The zero-order valence-electron chi connectivity index (χ0n) is 7.47. The third kappa shape index (κ3) is 2.03. The minimum absolute atomic E-state index is 0.273. The summed E-state index contributed by atoms with van der Waals surface area (Å²) in [6, 6.07) is 0.296. The topological polar surface area (TPSA) is 33.7 Å². The quantitative estimate of drug-likeness (QED) is 0.627. The number of quaternary nitrogens is 1. The second-order valence-electron chi connectivity index (χ2n) is 3.48. The minimum atomic E-state index is 0.273. The molecule has 2 N–H and O–H groups in total. The van der Waals surface area contributed by atoms with Crippen molar-refractivity contribution in [3.05, 3.63) is 0 Å². The summed E-state index contributed by atoms with van der Waals surface area (Å²) in [4.78, 5) is 11.5. The Morgan fingerprint density at radius 1 is 1.73 bits per heavy atom. The standard InChI is InChI=1S/C9H17NO/c1-3-7(2)9(11)8-5-4-6-10-8/h7-8,10H,3-6H2,1-2H3/p+1. The predicted octanol–water partition coefficient (Wildman–Crippen LogP) is 0.327. The molecule has 2 atom stereocenters. The van der Waals surface area contributed by atoms with Crippen molar-refractivity contribution in [3.8, 4) is 0 Å². The van der Waals surface area contributed by atoms with Crippen LogP contribution in [0.3, 0.4) is 0 Å². The highest BCUT2D eigenvalue weighted by Crippen LogP contribution is 2.08. The Morgan fingerprint density at radius 2 is 2.45 bits per heavy atom. The molecule has 1 heterocycles. The number of nitrogens with two attached hydrogens (primary N) is 1. The maximum atomic E-state index is 11.5. The van der Waals surface area contributed by atoms with E-state index >= 15 is 0 Å². The first kappa shape index (κ1) is 8.72. The molecule has 0 bridgehead atoms. The van der Waals surface area contributed by atoms with Crippen LogP contribution in [0, 0.1) is 5.92 Å². The summed E-state index contributed by atoms with van der Waals surface area (Å²) in [7, 11) is 0. The molecule has 0 aromatic carbocycles. The van der Waals surface area contributed by atoms with Gasteiger partial charge in [0.25, 0.3) is 0 Å². The molecule has 1 fully saturated rings. The summed E-state index contributed by atoms with van der Waals surface area (Å²) in [5.74, 6) is 0.736. The molecule has 0 spiro atoms. The van der Waals surface area contributed by atoms with E-state index in [2.05, 4.69) is 12.2 Å². The molecule has 0 saturated carbocycles. The molecule has 0 aromatic rings. The first-order valence-corrected chi connectivity index (χ1v) is 4.62. The second-order valence-corrected chi connectivity index (χ2v) is 3.48. The van der Waals surface area contributed by atoms with Gasteiger partial charge in [-0.1, -0.05) is 13.8 Å². The number of hydrogen-bond donors (Lipinski definition) is 1. The Bertz CT molecular complexity index is 138. The van der Waals surface area contributed by atoms with E-state index in [-0.39, 0.29) is 5.92 Å². The van der Waals surface area contributed by atoms with Crippen LogP contribution in [0.5, 0.6) is 0 Å². The average molecular weight is 156 g/mol. The normalized spacial score (nSPS) is 26.9. The van der Waals surface area contributed by atoms with Crippen LogP contribution >= 0.6 is 0 Å². The second kappa shape index (κ2) is 3.86. The first-order chi connectivity index (χ1) is 5.25. The Balaban J connectivity index is 2.39. The zero-order valence-corrected chi connectivity index (χ0v) is 7.47. The van der Waals surface area contributed by atoms with Crippen molar-refractivity contribution in [2.75, 3.05) is 6.54 Å². The fourth-order valence-corrected chi connectivity index (χ4v) is 1.60. The van der Waals surface area contributed by atoms with E-state index in [1.165, 1.54) is 6.42 Å². The van der Waals surface area contributed by atoms with Crippen molar-refractivity contribution in [2.45, 2.75) is 39.2 Å². The number of carbonyl (C=O) groups excluding carboxylic acids is 1. The summed E-state index contributed by atoms with van der Waals surface area (Å²) in [5, 5.41) is 2.19. The summed E-state index contributed by atoms with van der Waals surface area (Å²) in [6.45, 7) is 5.26. The van der Waals surface area contributed by atoms with Crippen LogP contribution in [-0.2, 0) is 4.79 Å². The Morgan fingerprint density at radius 3 is 2.91 bits per heavy atom. The number of hydrogen-bond acceptors (Lipinski definition) is 1. The van der Waals surface area contributed by atoms with Crippen LogP contribution in [0.4, 0.5) is 0 Å². The van der Waals surface area contributed by atoms with Gasteiger partial charge in [-0.05, 0) is 6.42 Å². The molecule has 1 aliphatic heterocycles. The lowest BCUT2D eigenvalue weighted by molar-refractivity contribution is -0.657. The monoisotopic (exact) mass is 156 g/mol. The largest absolute Gasteiger partial charge is 0.338 e. The lowest BCUT2D eigenvalue weighted by Crippen LogP contribution is -2.88. The lowest BCUT2D eigenvalue weighted by atomic mass is 9.97. The molecule has 0 aromatic heterocycles. The van der Waals surface area contributed by atoms with E-state index < -0.39 is 0 Å². The lowest BCUT2D eigenvalue weighted by Gasteiger charge is -2.10. The summed E-state index contributed by atoms with van der Waals surface area (Å²) in [5.41, 5.74) is 0. The Labute approximate surface area is 68.4 Å². The van der Waals surface area contributed by atoms with Gasteiger partial charge in [0.1, 0.15) is 6.04 Å². The molecule has 0 amide bonds. The van der Waals surface area contributed by atoms with Crippen molar-refractivity contribution in [2.24, 2.45) is 5.92 Å². The maximum Gasteiger partial charge on any atom is 0.192 e. The first-order valence-electron chi connectivity index (χ1n) is 4.62. The van der Waals surface area contributed by atoms with Gasteiger partial charge in [-0.25, -0.2) is 0 Å². The van der Waals surface area contributed by atoms with Crippen molar-refractivity contribution in [3.63, 3.8) is 0 Å². The van der Waals surface area contributed by atoms with Crippen LogP contribution in [0.25, 0.3) is 0 Å². The van der Waals surface area contributed by atoms with Gasteiger partial charge in [-0.2, -0.15) is 0 Å². The minimum Gasteiger partial charge on any atom is -0.338 e. The summed E-state index contributed by atoms with van der Waals surface area (Å²) in [6.07, 6.45) is 3.30. The average Bonchev–Trinajstić information content (AvgIpc) is 2.53. The van der Waals surface area contributed by atoms with Crippen LogP contribution in [-0.4, -0.2) is 18.4 Å². The van der Waals surface area contributed by atoms with Gasteiger partial charge < -0.3 is 5.32 Å². The summed E-state index contributed by atoms with van der Waals surface area (Å²) >= 11 is 0. The molecule has 2 unspecified atom stereocenters. The van der Waals surface area contributed by atoms with Crippen molar-refractivity contribution in [1.29, 1.82) is 0 Å². The van der Waals surface area contributed by atoms with Gasteiger partial charge in [0, 0.05) is 18.8 Å². The van der Waals surface area contributed by atoms with Gasteiger partial charge in [-0.3, -0.25) is 4.79 Å². The number of ketones is 1. The third-order valence-electron chi connectivity index (χ3n) is 2.63. The molecule has 2 heteroatoms. The van der Waals surface area contributed by atoms with Crippen molar-refractivity contribution in [1.82, 2.24) is 0 Å². The highest BCUT2D eigenvalue weighted by Gasteiger charge is 2.28. The zero-order chi connectivity index (χ0) is 8.27. The molecule has 1 rings (SSSR count). The van der Waals surface area contributed by atoms with E-state index in [1.54, 1.807) is 0 Å². The van der Waals surface area contributed by atoms with E-state index in [9.17, 15) is 4.79 Å². The molecule has 1 aliphatic rings. The third-order valence-corrected chi connectivity index (χ3v) is 2.63. The van der Waals surface area contributed by atoms with Crippen molar-refractivity contribution < 1.29 is 10.1 Å². The molecule has 64 valence electrons. The fourth-order valence-electron chi connectivity index (χ4n) is 1.60. The number of Topliss-reactive ketones (excluding diaryl/α,β-unsaturated/α-hetero) is 1. The number of carbonyl (C=O) groups is 1. The van der Waals surface area contributed by atoms with Gasteiger partial charge >= 0.3 is 0 Å². The molecule has 1 saturated heterocycles. The molecule has 2 nitrogen and oxygen atoms in total. The van der Waals surface area contributed by atoms with Crippen LogP contribution in [0.2, 0.25) is 0 Å². The van der Waals surface area contributed by atoms with Gasteiger partial charge in [0.2, 0.25) is 0 Å². The Hall–Kier alpha value is -0.370. The van der Waals surface area contributed by atoms with E-state index in [4.69, 9.17) is 0 Å². The van der Waals surface area contributed by atoms with Crippen LogP contribution in [0.15, 0.2) is 0 Å². The fraction of sp³-hybridized carbons (Fsp3) is 0.889. The van der Waals surface area contributed by atoms with Gasteiger partial charge in [-0.15, -0.1) is 0 Å². The summed E-state index contributed by atoms with van der Waals surface area (Å²) < 4.78 is 0. The molecule has 0 aliphatic carbocycles. The van der Waals surface area contributed by atoms with Crippen LogP contribution in [0.1, 0.15) is 33.1 Å². The molecular weight excluding hydrogens is 138 g/mol. The van der Waals surface area contributed by atoms with E-state index in [0.29, 0.717) is 11.8 Å². The molecular formula is C9H18NO+. The highest BCUT2D eigenvalue weighted by molar-refractivity contribution is 5.84. The van der Waals surface area contributed by atoms with E-state index in [0.717, 1.165) is 19.4 Å². The Kier molecular flexibility index (Phi) is 3.06. The SMILES string of the molecule is CCC(C)C(=O)C1CCC[NH2+]1. The predicted molar refractivity (Wildman–Crippen MR) is 44.3 cm³/mol.